The SMILES string of the molecule is CC(=O)SC(CC(C)c1ccc(-c2ccccc2)cc1)C(=O)O. The van der Waals surface area contributed by atoms with Crippen molar-refractivity contribution in [2.75, 3.05) is 0 Å². The average molecular weight is 328 g/mol. The van der Waals surface area contributed by atoms with Crippen LogP contribution in [-0.4, -0.2) is 21.4 Å². The molecule has 0 fully saturated rings. The lowest BCUT2D eigenvalue weighted by Crippen LogP contribution is -2.20. The zero-order valence-corrected chi connectivity index (χ0v) is 14.0. The van der Waals surface area contributed by atoms with E-state index in [-0.39, 0.29) is 11.0 Å². The first-order valence-electron chi connectivity index (χ1n) is 7.52. The third kappa shape index (κ3) is 4.96. The number of carboxylic acids is 1. The normalized spacial score (nSPS) is 13.3. The van der Waals surface area contributed by atoms with Crippen molar-refractivity contribution in [2.24, 2.45) is 0 Å². The molecule has 0 amide bonds. The third-order valence-electron chi connectivity index (χ3n) is 3.74. The number of hydrogen-bond acceptors (Lipinski definition) is 3. The summed E-state index contributed by atoms with van der Waals surface area (Å²) in [5.74, 6) is -0.856. The van der Waals surface area contributed by atoms with Gasteiger partial charge in [-0.05, 0) is 29.0 Å². The molecule has 2 aromatic rings. The Morgan fingerprint density at radius 1 is 1.00 bits per heavy atom. The molecule has 1 N–H and O–H groups in total. The number of aliphatic carboxylic acids is 1. The summed E-state index contributed by atoms with van der Waals surface area (Å²) in [6.45, 7) is 3.40. The van der Waals surface area contributed by atoms with Crippen LogP contribution in [0.1, 0.15) is 31.7 Å². The number of carbonyl (C=O) groups excluding carboxylic acids is 1. The zero-order chi connectivity index (χ0) is 16.8. The van der Waals surface area contributed by atoms with Gasteiger partial charge in [-0.25, -0.2) is 0 Å². The highest BCUT2D eigenvalue weighted by Crippen LogP contribution is 2.29. The van der Waals surface area contributed by atoms with E-state index >= 15 is 0 Å². The topological polar surface area (TPSA) is 54.4 Å². The van der Waals surface area contributed by atoms with Gasteiger partial charge in [-0.15, -0.1) is 0 Å². The number of benzene rings is 2. The largest absolute Gasteiger partial charge is 0.480 e. The molecule has 0 saturated heterocycles. The van der Waals surface area contributed by atoms with Crippen LogP contribution in [0, 0.1) is 0 Å². The van der Waals surface area contributed by atoms with E-state index in [0.717, 1.165) is 28.5 Å². The van der Waals surface area contributed by atoms with Crippen molar-refractivity contribution in [1.29, 1.82) is 0 Å². The van der Waals surface area contributed by atoms with Crippen LogP contribution in [0.15, 0.2) is 54.6 Å². The van der Waals surface area contributed by atoms with Crippen LogP contribution in [0.25, 0.3) is 11.1 Å². The average Bonchev–Trinajstić information content (AvgIpc) is 2.54. The monoisotopic (exact) mass is 328 g/mol. The van der Waals surface area contributed by atoms with E-state index in [0.29, 0.717) is 6.42 Å². The lowest BCUT2D eigenvalue weighted by atomic mass is 9.94. The van der Waals surface area contributed by atoms with Crippen LogP contribution < -0.4 is 0 Å². The minimum Gasteiger partial charge on any atom is -0.480 e. The molecule has 0 heterocycles. The van der Waals surface area contributed by atoms with Crippen LogP contribution in [-0.2, 0) is 9.59 Å². The fourth-order valence-corrected chi connectivity index (χ4v) is 3.38. The second kappa shape index (κ2) is 7.97. The highest BCUT2D eigenvalue weighted by atomic mass is 32.2. The summed E-state index contributed by atoms with van der Waals surface area (Å²) in [4.78, 5) is 22.4. The maximum absolute atomic E-state index is 11.3. The van der Waals surface area contributed by atoms with E-state index in [2.05, 4.69) is 24.3 Å². The van der Waals surface area contributed by atoms with Crippen molar-refractivity contribution in [1.82, 2.24) is 0 Å². The molecule has 0 aromatic heterocycles. The van der Waals surface area contributed by atoms with Gasteiger partial charge in [0.2, 0.25) is 0 Å². The van der Waals surface area contributed by atoms with Crippen LogP contribution >= 0.6 is 11.8 Å². The highest BCUT2D eigenvalue weighted by molar-refractivity contribution is 8.14. The number of hydrogen-bond donors (Lipinski definition) is 1. The smallest absolute Gasteiger partial charge is 0.317 e. The van der Waals surface area contributed by atoms with Crippen LogP contribution in [0.4, 0.5) is 0 Å². The van der Waals surface area contributed by atoms with Gasteiger partial charge in [0.25, 0.3) is 0 Å². The molecule has 23 heavy (non-hydrogen) atoms. The van der Waals surface area contributed by atoms with Crippen molar-refractivity contribution in [2.45, 2.75) is 31.4 Å². The molecule has 0 radical (unpaired) electrons. The van der Waals surface area contributed by atoms with Crippen molar-refractivity contribution < 1.29 is 14.7 Å². The zero-order valence-electron chi connectivity index (χ0n) is 13.2. The Hall–Kier alpha value is -2.07. The molecule has 0 bridgehead atoms. The van der Waals surface area contributed by atoms with Crippen molar-refractivity contribution >= 4 is 22.8 Å². The maximum atomic E-state index is 11.3. The van der Waals surface area contributed by atoms with Gasteiger partial charge in [0.1, 0.15) is 5.25 Å². The highest BCUT2D eigenvalue weighted by Gasteiger charge is 2.23. The maximum Gasteiger partial charge on any atom is 0.317 e. The standard InChI is InChI=1S/C19H20O3S/c1-13(12-18(19(21)22)23-14(2)20)15-8-10-17(11-9-15)16-6-4-3-5-7-16/h3-11,13,18H,12H2,1-2H3,(H,21,22). The molecule has 3 nitrogen and oxygen atoms in total. The summed E-state index contributed by atoms with van der Waals surface area (Å²) in [5.41, 5.74) is 3.37. The van der Waals surface area contributed by atoms with Crippen LogP contribution in [0.5, 0.6) is 0 Å². The minimum absolute atomic E-state index is 0.0766. The van der Waals surface area contributed by atoms with E-state index in [1.165, 1.54) is 6.92 Å². The van der Waals surface area contributed by atoms with E-state index in [9.17, 15) is 14.7 Å². The van der Waals surface area contributed by atoms with Gasteiger partial charge in [-0.1, -0.05) is 73.3 Å². The number of rotatable bonds is 6. The minimum atomic E-state index is -0.932. The Morgan fingerprint density at radius 2 is 1.57 bits per heavy atom. The molecular formula is C19H20O3S. The molecule has 2 rings (SSSR count). The number of carboxylic acid groups (broad SMARTS) is 1. The summed E-state index contributed by atoms with van der Waals surface area (Å²) in [5, 5.41) is 8.38. The van der Waals surface area contributed by atoms with Crippen molar-refractivity contribution in [3.63, 3.8) is 0 Å². The Labute approximate surface area is 140 Å². The molecule has 2 unspecified atom stereocenters. The van der Waals surface area contributed by atoms with Gasteiger partial charge >= 0.3 is 5.97 Å². The molecule has 0 aliphatic carbocycles. The van der Waals surface area contributed by atoms with E-state index in [4.69, 9.17) is 0 Å². The molecule has 0 aliphatic rings. The fourth-order valence-electron chi connectivity index (χ4n) is 2.49. The predicted octanol–water partition coefficient (Wildman–Crippen LogP) is 4.58. The molecule has 120 valence electrons. The van der Waals surface area contributed by atoms with E-state index in [1.807, 2.05) is 37.3 Å². The summed E-state index contributed by atoms with van der Waals surface area (Å²) >= 11 is 0.892. The van der Waals surface area contributed by atoms with Gasteiger partial charge in [0, 0.05) is 6.92 Å². The van der Waals surface area contributed by atoms with Crippen LogP contribution in [0.2, 0.25) is 0 Å². The lowest BCUT2D eigenvalue weighted by molar-refractivity contribution is -0.136. The summed E-state index contributed by atoms with van der Waals surface area (Å²) in [7, 11) is 0. The lowest BCUT2D eigenvalue weighted by Gasteiger charge is -2.17. The molecular weight excluding hydrogens is 308 g/mol. The molecule has 2 atom stereocenters. The van der Waals surface area contributed by atoms with Gasteiger partial charge in [-0.2, -0.15) is 0 Å². The van der Waals surface area contributed by atoms with Crippen molar-refractivity contribution in [3.8, 4) is 11.1 Å². The van der Waals surface area contributed by atoms with Gasteiger partial charge in [0.15, 0.2) is 5.12 Å². The summed E-state index contributed by atoms with van der Waals surface area (Å²) in [6, 6.07) is 18.3. The third-order valence-corrected chi connectivity index (χ3v) is 4.75. The van der Waals surface area contributed by atoms with Crippen LogP contribution in [0.3, 0.4) is 0 Å². The molecule has 4 heteroatoms. The first kappa shape index (κ1) is 17.3. The number of carbonyl (C=O) groups is 2. The van der Waals surface area contributed by atoms with E-state index in [1.54, 1.807) is 0 Å². The summed E-state index contributed by atoms with van der Waals surface area (Å²) in [6.07, 6.45) is 0.435. The first-order chi connectivity index (χ1) is 11.0. The Bertz CT molecular complexity index is 665. The summed E-state index contributed by atoms with van der Waals surface area (Å²) < 4.78 is 0. The Kier molecular flexibility index (Phi) is 5.99. The Balaban J connectivity index is 2.09. The molecule has 0 aliphatic heterocycles. The van der Waals surface area contributed by atoms with Gasteiger partial charge in [-0.3, -0.25) is 9.59 Å². The number of thioether (sulfide) groups is 1. The quantitative estimate of drug-likeness (QED) is 0.843. The molecule has 0 saturated carbocycles. The second-order valence-electron chi connectivity index (χ2n) is 5.56. The molecule has 0 spiro atoms. The van der Waals surface area contributed by atoms with Gasteiger partial charge < -0.3 is 5.11 Å². The fraction of sp³-hybridized carbons (Fsp3) is 0.263. The van der Waals surface area contributed by atoms with Crippen molar-refractivity contribution in [3.05, 3.63) is 60.2 Å². The first-order valence-corrected chi connectivity index (χ1v) is 8.40. The molecule has 2 aromatic carbocycles. The Morgan fingerprint density at radius 3 is 2.09 bits per heavy atom. The van der Waals surface area contributed by atoms with E-state index < -0.39 is 11.2 Å². The predicted molar refractivity (Wildman–Crippen MR) is 94.6 cm³/mol. The van der Waals surface area contributed by atoms with Gasteiger partial charge in [0.05, 0.1) is 0 Å². The second-order valence-corrected chi connectivity index (χ2v) is 6.94.